The van der Waals surface area contributed by atoms with E-state index in [0.717, 1.165) is 16.2 Å². The third-order valence-electron chi connectivity index (χ3n) is 4.83. The van der Waals surface area contributed by atoms with Crippen molar-refractivity contribution in [2.45, 2.75) is 0 Å². The molecule has 3 aromatic heterocycles. The van der Waals surface area contributed by atoms with Crippen LogP contribution >= 0.6 is 0 Å². The highest BCUT2D eigenvalue weighted by molar-refractivity contribution is 5.85. The minimum absolute atomic E-state index is 0.239. The molecule has 6 heteroatoms. The molecule has 0 radical (unpaired) electrons. The number of phenols is 3. The molecule has 0 aliphatic heterocycles. The molecule has 0 spiro atoms. The monoisotopic (exact) mass is 435 g/mol. The molecule has 0 aliphatic rings. The number of benzene rings is 3. The van der Waals surface area contributed by atoms with Crippen LogP contribution in [0.5, 0.6) is 17.2 Å². The molecular weight excluding hydrogens is 414 g/mol. The van der Waals surface area contributed by atoms with Gasteiger partial charge in [0.1, 0.15) is 33.8 Å². The molecule has 3 N–H and O–H groups in total. The van der Waals surface area contributed by atoms with E-state index in [0.29, 0.717) is 16.6 Å². The molecule has 3 heterocycles. The first-order chi connectivity index (χ1) is 16.1. The molecule has 0 saturated carbocycles. The zero-order valence-electron chi connectivity index (χ0n) is 17.6. The number of aromatic hydroxyl groups is 3. The normalized spacial score (nSPS) is 10.2. The highest BCUT2D eigenvalue weighted by Crippen LogP contribution is 2.22. The number of rotatable bonds is 0. The topological polar surface area (TPSA) is 99.4 Å². The number of phenolic OH excluding ortho intramolecular Hbond substituents is 3. The van der Waals surface area contributed by atoms with E-state index < -0.39 is 0 Å². The summed E-state index contributed by atoms with van der Waals surface area (Å²) in [7, 11) is 0. The fourth-order valence-corrected chi connectivity index (χ4v) is 3.26. The summed E-state index contributed by atoms with van der Waals surface area (Å²) in [5.74, 6) is 0.717. The summed E-state index contributed by atoms with van der Waals surface area (Å²) in [6, 6.07) is 27.4. The largest absolute Gasteiger partial charge is 0.506 e. The van der Waals surface area contributed by atoms with E-state index >= 15 is 0 Å². The first-order valence-corrected chi connectivity index (χ1v) is 10.2. The first kappa shape index (κ1) is 21.5. The highest BCUT2D eigenvalue weighted by Gasteiger charge is 1.98. The Balaban J connectivity index is 0.000000118. The minimum Gasteiger partial charge on any atom is -0.506 e. The summed E-state index contributed by atoms with van der Waals surface area (Å²) in [5, 5.41) is 30.8. The smallest absolute Gasteiger partial charge is 0.141 e. The maximum absolute atomic E-state index is 9.31. The Bertz CT molecular complexity index is 1320. The second-order valence-electron chi connectivity index (χ2n) is 7.06. The zero-order valence-corrected chi connectivity index (χ0v) is 17.6. The number of aromatic nitrogens is 3. The van der Waals surface area contributed by atoms with E-state index in [1.54, 1.807) is 55.0 Å². The average Bonchev–Trinajstić information content (AvgIpc) is 2.86. The SMILES string of the molecule is Oc1cccc2cccnc12.Oc1cccc2cccnc12.Oc1cccc2cccnc12. The standard InChI is InChI=1S/3C9H7NO/c3*11-8-5-1-3-7-4-2-6-10-9(7)8/h3*1-6,11H. The van der Waals surface area contributed by atoms with Gasteiger partial charge in [0, 0.05) is 34.7 Å². The molecular formula is C27H21N3O3. The Labute approximate surface area is 190 Å². The second-order valence-corrected chi connectivity index (χ2v) is 7.06. The van der Waals surface area contributed by atoms with Crippen LogP contribution in [0.2, 0.25) is 0 Å². The van der Waals surface area contributed by atoms with E-state index in [9.17, 15) is 15.3 Å². The van der Waals surface area contributed by atoms with Crippen molar-refractivity contribution in [3.05, 3.63) is 110 Å². The van der Waals surface area contributed by atoms with Gasteiger partial charge in [-0.05, 0) is 36.4 Å². The van der Waals surface area contributed by atoms with Crippen LogP contribution in [0.25, 0.3) is 32.7 Å². The third kappa shape index (κ3) is 5.14. The number of para-hydroxylation sites is 3. The van der Waals surface area contributed by atoms with Crippen molar-refractivity contribution < 1.29 is 15.3 Å². The number of pyridine rings is 3. The number of hydrogen-bond acceptors (Lipinski definition) is 6. The predicted octanol–water partition coefficient (Wildman–Crippen LogP) is 5.82. The first-order valence-electron chi connectivity index (χ1n) is 10.2. The Kier molecular flexibility index (Phi) is 6.56. The second kappa shape index (κ2) is 10.1. The molecule has 162 valence electrons. The van der Waals surface area contributed by atoms with E-state index in [1.165, 1.54) is 0 Å². The highest BCUT2D eigenvalue weighted by atomic mass is 16.3. The van der Waals surface area contributed by atoms with E-state index in [1.807, 2.05) is 54.6 Å². The molecule has 6 nitrogen and oxygen atoms in total. The molecule has 0 saturated heterocycles. The van der Waals surface area contributed by atoms with Crippen LogP contribution in [0.3, 0.4) is 0 Å². The van der Waals surface area contributed by atoms with Crippen molar-refractivity contribution in [3.63, 3.8) is 0 Å². The van der Waals surface area contributed by atoms with E-state index in [2.05, 4.69) is 15.0 Å². The summed E-state index contributed by atoms with van der Waals surface area (Å²) in [6.45, 7) is 0. The minimum atomic E-state index is 0.239. The van der Waals surface area contributed by atoms with Crippen LogP contribution in [0.1, 0.15) is 0 Å². The quantitative estimate of drug-likeness (QED) is 0.278. The fraction of sp³-hybridized carbons (Fsp3) is 0. The van der Waals surface area contributed by atoms with Gasteiger partial charge < -0.3 is 15.3 Å². The molecule has 0 amide bonds. The molecule has 3 aromatic carbocycles. The summed E-state index contributed by atoms with van der Waals surface area (Å²) in [4.78, 5) is 12.1. The maximum Gasteiger partial charge on any atom is 0.141 e. The van der Waals surface area contributed by atoms with Crippen molar-refractivity contribution in [1.82, 2.24) is 15.0 Å². The number of nitrogens with zero attached hydrogens (tertiary/aromatic N) is 3. The molecule has 0 aliphatic carbocycles. The Morgan fingerprint density at radius 2 is 0.636 bits per heavy atom. The molecule has 0 bridgehead atoms. The predicted molar refractivity (Wildman–Crippen MR) is 130 cm³/mol. The molecule has 6 rings (SSSR count). The Morgan fingerprint density at radius 1 is 0.364 bits per heavy atom. The summed E-state index contributed by atoms with van der Waals surface area (Å²) < 4.78 is 0. The van der Waals surface area contributed by atoms with Gasteiger partial charge in [-0.15, -0.1) is 0 Å². The van der Waals surface area contributed by atoms with E-state index in [-0.39, 0.29) is 17.2 Å². The van der Waals surface area contributed by atoms with Crippen LogP contribution in [0.15, 0.2) is 110 Å². The van der Waals surface area contributed by atoms with Crippen molar-refractivity contribution in [2.24, 2.45) is 0 Å². The molecule has 6 aromatic rings. The molecule has 0 fully saturated rings. The number of fused-ring (bicyclic) bond motifs is 3. The maximum atomic E-state index is 9.31. The molecule has 33 heavy (non-hydrogen) atoms. The van der Waals surface area contributed by atoms with Crippen molar-refractivity contribution in [3.8, 4) is 17.2 Å². The third-order valence-corrected chi connectivity index (χ3v) is 4.83. The van der Waals surface area contributed by atoms with Gasteiger partial charge in [-0.25, -0.2) is 0 Å². The summed E-state index contributed by atoms with van der Waals surface area (Å²) >= 11 is 0. The number of hydrogen-bond donors (Lipinski definition) is 3. The van der Waals surface area contributed by atoms with Crippen LogP contribution in [0.4, 0.5) is 0 Å². The van der Waals surface area contributed by atoms with Gasteiger partial charge in [0.2, 0.25) is 0 Å². The van der Waals surface area contributed by atoms with Gasteiger partial charge in [0.05, 0.1) is 0 Å². The van der Waals surface area contributed by atoms with Crippen LogP contribution in [0, 0.1) is 0 Å². The van der Waals surface area contributed by atoms with Gasteiger partial charge in [0.15, 0.2) is 0 Å². The Morgan fingerprint density at radius 3 is 0.909 bits per heavy atom. The van der Waals surface area contributed by atoms with Crippen LogP contribution in [-0.4, -0.2) is 30.3 Å². The van der Waals surface area contributed by atoms with Crippen molar-refractivity contribution >= 4 is 32.7 Å². The van der Waals surface area contributed by atoms with Crippen molar-refractivity contribution in [2.75, 3.05) is 0 Å². The summed E-state index contributed by atoms with van der Waals surface area (Å²) in [5.41, 5.74) is 1.99. The van der Waals surface area contributed by atoms with Crippen LogP contribution in [-0.2, 0) is 0 Å². The average molecular weight is 435 g/mol. The van der Waals surface area contributed by atoms with Gasteiger partial charge >= 0.3 is 0 Å². The Hall–Kier alpha value is -4.71. The van der Waals surface area contributed by atoms with Gasteiger partial charge in [-0.1, -0.05) is 54.6 Å². The molecule has 0 atom stereocenters. The zero-order chi connectivity index (χ0) is 23.0. The summed E-state index contributed by atoms with van der Waals surface area (Å²) in [6.07, 6.45) is 5.01. The van der Waals surface area contributed by atoms with Crippen LogP contribution < -0.4 is 0 Å². The lowest BCUT2D eigenvalue weighted by Crippen LogP contribution is -1.76. The molecule has 0 unspecified atom stereocenters. The fourth-order valence-electron chi connectivity index (χ4n) is 3.26. The van der Waals surface area contributed by atoms with Crippen molar-refractivity contribution in [1.29, 1.82) is 0 Å². The van der Waals surface area contributed by atoms with Gasteiger partial charge in [-0.3, -0.25) is 15.0 Å². The lowest BCUT2D eigenvalue weighted by molar-refractivity contribution is 0.480. The van der Waals surface area contributed by atoms with Gasteiger partial charge in [0.25, 0.3) is 0 Å². The van der Waals surface area contributed by atoms with E-state index in [4.69, 9.17) is 0 Å². The lowest BCUT2D eigenvalue weighted by Gasteiger charge is -1.96. The van der Waals surface area contributed by atoms with Gasteiger partial charge in [-0.2, -0.15) is 0 Å². The lowest BCUT2D eigenvalue weighted by atomic mass is 10.2.